The fourth-order valence-corrected chi connectivity index (χ4v) is 3.45. The average Bonchev–Trinajstić information content (AvgIpc) is 2.58. The molecule has 0 bridgehead atoms. The summed E-state index contributed by atoms with van der Waals surface area (Å²) < 4.78 is 0. The summed E-state index contributed by atoms with van der Waals surface area (Å²) in [5, 5.41) is 10.2. The van der Waals surface area contributed by atoms with E-state index in [1.54, 1.807) is 0 Å². The molecule has 0 aliphatic carbocycles. The van der Waals surface area contributed by atoms with E-state index in [4.69, 9.17) is 0 Å². The van der Waals surface area contributed by atoms with Gasteiger partial charge in [0, 0.05) is 17.3 Å². The highest BCUT2D eigenvalue weighted by atomic mass is 32.2. The molecule has 2 heterocycles. The minimum absolute atomic E-state index is 0.188. The van der Waals surface area contributed by atoms with Crippen molar-refractivity contribution >= 4 is 11.8 Å². The van der Waals surface area contributed by atoms with Gasteiger partial charge >= 0.3 is 0 Å². The van der Waals surface area contributed by atoms with Gasteiger partial charge in [0.25, 0.3) is 0 Å². The van der Waals surface area contributed by atoms with Crippen LogP contribution in [0, 0.1) is 0 Å². The van der Waals surface area contributed by atoms with Gasteiger partial charge in [-0.05, 0) is 32.1 Å². The highest BCUT2D eigenvalue weighted by Crippen LogP contribution is 2.41. The average molecular weight is 187 g/mol. The molecule has 0 spiro atoms. The Balaban J connectivity index is 2.09. The van der Waals surface area contributed by atoms with Crippen molar-refractivity contribution < 1.29 is 5.11 Å². The van der Waals surface area contributed by atoms with E-state index in [9.17, 15) is 5.11 Å². The summed E-state index contributed by atoms with van der Waals surface area (Å²) >= 11 is 1.95. The van der Waals surface area contributed by atoms with Crippen LogP contribution in [0.15, 0.2) is 0 Å². The Morgan fingerprint density at radius 1 is 1.67 bits per heavy atom. The van der Waals surface area contributed by atoms with E-state index in [0.29, 0.717) is 6.61 Å². The zero-order valence-corrected chi connectivity index (χ0v) is 8.44. The zero-order chi connectivity index (χ0) is 8.60. The topological polar surface area (TPSA) is 23.5 Å². The van der Waals surface area contributed by atoms with Crippen LogP contribution in [0.4, 0.5) is 0 Å². The number of aliphatic hydroxyl groups is 1. The van der Waals surface area contributed by atoms with E-state index in [0.717, 1.165) is 5.25 Å². The predicted molar refractivity (Wildman–Crippen MR) is 52.5 cm³/mol. The maximum Gasteiger partial charge on any atom is 0.0615 e. The SMILES string of the molecule is CSC1CN2CCCC2(CO)C1. The maximum atomic E-state index is 9.39. The first-order valence-corrected chi connectivity index (χ1v) is 5.98. The Labute approximate surface area is 78.3 Å². The van der Waals surface area contributed by atoms with Crippen LogP contribution in [-0.4, -0.2) is 46.7 Å². The molecular formula is C9H17NOS. The Morgan fingerprint density at radius 2 is 2.50 bits per heavy atom. The first-order chi connectivity index (χ1) is 5.80. The van der Waals surface area contributed by atoms with Crippen molar-refractivity contribution in [1.82, 2.24) is 4.90 Å². The molecule has 2 fully saturated rings. The number of nitrogens with zero attached hydrogens (tertiary/aromatic N) is 1. The summed E-state index contributed by atoms with van der Waals surface area (Å²) in [4.78, 5) is 2.49. The van der Waals surface area contributed by atoms with Crippen molar-refractivity contribution in [2.24, 2.45) is 0 Å². The number of rotatable bonds is 2. The number of aliphatic hydroxyl groups excluding tert-OH is 1. The van der Waals surface area contributed by atoms with Crippen molar-refractivity contribution in [3.8, 4) is 0 Å². The second kappa shape index (κ2) is 3.20. The van der Waals surface area contributed by atoms with E-state index < -0.39 is 0 Å². The molecule has 0 aromatic carbocycles. The number of thioether (sulfide) groups is 1. The molecule has 0 amide bonds. The Hall–Kier alpha value is 0.270. The predicted octanol–water partition coefficient (Wildman–Crippen LogP) is 0.949. The van der Waals surface area contributed by atoms with E-state index in [1.807, 2.05) is 11.8 Å². The Morgan fingerprint density at radius 3 is 3.08 bits per heavy atom. The summed E-state index contributed by atoms with van der Waals surface area (Å²) in [6, 6.07) is 0. The van der Waals surface area contributed by atoms with E-state index in [1.165, 1.54) is 32.4 Å². The van der Waals surface area contributed by atoms with Gasteiger partial charge < -0.3 is 5.11 Å². The lowest BCUT2D eigenvalue weighted by Gasteiger charge is -2.29. The quantitative estimate of drug-likeness (QED) is 0.696. The van der Waals surface area contributed by atoms with Crippen molar-refractivity contribution in [3.63, 3.8) is 0 Å². The molecule has 2 aliphatic heterocycles. The van der Waals surface area contributed by atoms with E-state index in [2.05, 4.69) is 11.2 Å². The second-order valence-electron chi connectivity index (χ2n) is 3.99. The first-order valence-electron chi connectivity index (χ1n) is 4.69. The lowest BCUT2D eigenvalue weighted by Crippen LogP contribution is -2.41. The summed E-state index contributed by atoms with van der Waals surface area (Å²) in [7, 11) is 0. The third-order valence-electron chi connectivity index (χ3n) is 3.40. The van der Waals surface area contributed by atoms with Crippen LogP contribution >= 0.6 is 11.8 Å². The lowest BCUT2D eigenvalue weighted by molar-refractivity contribution is 0.0999. The van der Waals surface area contributed by atoms with Crippen molar-refractivity contribution in [2.45, 2.75) is 30.1 Å². The van der Waals surface area contributed by atoms with Gasteiger partial charge in [-0.2, -0.15) is 11.8 Å². The monoisotopic (exact) mass is 187 g/mol. The van der Waals surface area contributed by atoms with Crippen LogP contribution in [0.3, 0.4) is 0 Å². The molecule has 3 heteroatoms. The molecule has 0 saturated carbocycles. The minimum atomic E-state index is 0.188. The van der Waals surface area contributed by atoms with Gasteiger partial charge in [-0.1, -0.05) is 0 Å². The molecule has 1 N–H and O–H groups in total. The maximum absolute atomic E-state index is 9.39. The highest BCUT2D eigenvalue weighted by Gasteiger charge is 2.47. The van der Waals surface area contributed by atoms with E-state index in [-0.39, 0.29) is 5.54 Å². The molecule has 12 heavy (non-hydrogen) atoms. The summed E-state index contributed by atoms with van der Waals surface area (Å²) in [5.74, 6) is 0. The second-order valence-corrected chi connectivity index (χ2v) is 5.13. The Bertz CT molecular complexity index is 176. The fraction of sp³-hybridized carbons (Fsp3) is 1.00. The van der Waals surface area contributed by atoms with Crippen LogP contribution in [0.25, 0.3) is 0 Å². The molecule has 0 aromatic rings. The molecular weight excluding hydrogens is 170 g/mol. The van der Waals surface area contributed by atoms with Crippen molar-refractivity contribution in [3.05, 3.63) is 0 Å². The normalized spacial score (nSPS) is 42.0. The molecule has 2 atom stereocenters. The number of hydrogen-bond donors (Lipinski definition) is 1. The summed E-state index contributed by atoms with van der Waals surface area (Å²) in [5.41, 5.74) is 0.188. The molecule has 2 nitrogen and oxygen atoms in total. The third-order valence-corrected chi connectivity index (χ3v) is 4.38. The summed E-state index contributed by atoms with van der Waals surface area (Å²) in [6.45, 7) is 2.77. The molecule has 2 aliphatic rings. The van der Waals surface area contributed by atoms with Gasteiger partial charge in [0.1, 0.15) is 0 Å². The molecule has 0 aromatic heterocycles. The fourth-order valence-electron chi connectivity index (χ4n) is 2.65. The van der Waals surface area contributed by atoms with Crippen LogP contribution in [0.1, 0.15) is 19.3 Å². The lowest BCUT2D eigenvalue weighted by atomic mass is 9.95. The van der Waals surface area contributed by atoms with Gasteiger partial charge in [-0.25, -0.2) is 0 Å². The minimum Gasteiger partial charge on any atom is -0.394 e. The standard InChI is InChI=1S/C9H17NOS/c1-12-8-5-9(7-11)3-2-4-10(9)6-8/h8,11H,2-7H2,1H3. The molecule has 2 rings (SSSR count). The highest BCUT2D eigenvalue weighted by molar-refractivity contribution is 7.99. The third kappa shape index (κ3) is 1.19. The van der Waals surface area contributed by atoms with Gasteiger partial charge in [-0.3, -0.25) is 4.90 Å². The van der Waals surface area contributed by atoms with Crippen LogP contribution in [0.2, 0.25) is 0 Å². The number of fused-ring (bicyclic) bond motifs is 1. The van der Waals surface area contributed by atoms with Gasteiger partial charge in [0.2, 0.25) is 0 Å². The summed E-state index contributed by atoms with van der Waals surface area (Å²) in [6.07, 6.45) is 5.87. The largest absolute Gasteiger partial charge is 0.394 e. The smallest absolute Gasteiger partial charge is 0.0615 e. The van der Waals surface area contributed by atoms with E-state index >= 15 is 0 Å². The molecule has 0 radical (unpaired) electrons. The van der Waals surface area contributed by atoms with Gasteiger partial charge in [0.15, 0.2) is 0 Å². The number of hydrogen-bond acceptors (Lipinski definition) is 3. The van der Waals surface area contributed by atoms with Crippen molar-refractivity contribution in [2.75, 3.05) is 26.0 Å². The van der Waals surface area contributed by atoms with Gasteiger partial charge in [-0.15, -0.1) is 0 Å². The zero-order valence-electron chi connectivity index (χ0n) is 7.62. The first kappa shape index (κ1) is 8.85. The molecule has 2 saturated heterocycles. The van der Waals surface area contributed by atoms with Crippen LogP contribution in [0.5, 0.6) is 0 Å². The van der Waals surface area contributed by atoms with Crippen LogP contribution < -0.4 is 0 Å². The van der Waals surface area contributed by atoms with Gasteiger partial charge in [0.05, 0.1) is 6.61 Å². The molecule has 2 unspecified atom stereocenters. The van der Waals surface area contributed by atoms with Crippen molar-refractivity contribution in [1.29, 1.82) is 0 Å². The molecule has 70 valence electrons. The Kier molecular flexibility index (Phi) is 2.36. The van der Waals surface area contributed by atoms with Crippen LogP contribution in [-0.2, 0) is 0 Å².